The predicted molar refractivity (Wildman–Crippen MR) is 189 cm³/mol. The number of alkyl carbamates (subject to hydrolysis) is 1. The summed E-state index contributed by atoms with van der Waals surface area (Å²) in [6, 6.07) is 10.9. The molecule has 0 aromatic heterocycles. The molecular weight excluding hydrogens is 698 g/mol. The second-order valence-corrected chi connectivity index (χ2v) is 15.5. The van der Waals surface area contributed by atoms with E-state index >= 15 is 0 Å². The van der Waals surface area contributed by atoms with Crippen molar-refractivity contribution in [3.8, 4) is 17.2 Å². The molecule has 15 nitrogen and oxygen atoms in total. The van der Waals surface area contributed by atoms with Crippen LogP contribution in [0.2, 0.25) is 0 Å². The van der Waals surface area contributed by atoms with Crippen LogP contribution in [0.5, 0.6) is 17.2 Å². The van der Waals surface area contributed by atoms with Crippen LogP contribution >= 0.6 is 0 Å². The fourth-order valence-corrected chi connectivity index (χ4v) is 8.04. The molecule has 2 N–H and O–H groups in total. The van der Waals surface area contributed by atoms with Gasteiger partial charge in [-0.25, -0.2) is 13.2 Å². The lowest BCUT2D eigenvalue weighted by molar-refractivity contribution is -0.0907. The molecule has 2 saturated heterocycles. The number of methoxy groups -OCH3 is 2. The van der Waals surface area contributed by atoms with E-state index in [1.165, 1.54) is 16.4 Å². The van der Waals surface area contributed by atoms with Crippen LogP contribution in [-0.4, -0.2) is 140 Å². The lowest BCUT2D eigenvalue weighted by atomic mass is 10.0. The van der Waals surface area contributed by atoms with Gasteiger partial charge in [0.1, 0.15) is 18.5 Å². The Morgan fingerprint density at radius 2 is 1.67 bits per heavy atom. The van der Waals surface area contributed by atoms with E-state index in [0.29, 0.717) is 56.6 Å². The Balaban J connectivity index is 1.28. The van der Waals surface area contributed by atoms with Crippen molar-refractivity contribution in [2.45, 2.75) is 56.1 Å². The van der Waals surface area contributed by atoms with E-state index in [2.05, 4.69) is 10.2 Å². The van der Waals surface area contributed by atoms with Gasteiger partial charge in [0.05, 0.1) is 49.4 Å². The van der Waals surface area contributed by atoms with E-state index in [1.54, 1.807) is 20.3 Å². The van der Waals surface area contributed by atoms with E-state index < -0.39 is 40.7 Å². The van der Waals surface area contributed by atoms with Gasteiger partial charge in [-0.15, -0.1) is 0 Å². The molecule has 2 aromatic rings. The molecule has 0 spiro atoms. The van der Waals surface area contributed by atoms with Crippen molar-refractivity contribution < 1.29 is 56.2 Å². The number of sulfonamides is 1. The Morgan fingerprint density at radius 3 is 2.38 bits per heavy atom. The average molecular weight is 752 g/mol. The standard InChI is InChI=1S/C36H53N3O12S/c1-25(2)21-39(52(42,43)28-9-10-32-33(20-28)50-24-49-32)22-31(40)30(37-36(41)51-34-23-48-35-29(34)11-15-47-35)19-26-5-7-27(8-6-26)46-18-14-38(12-16-44-3)13-17-45-4/h5-10,20,25,29-31,34-35,40H,11-19,21-24H2,1-4H3,(H,37,41). The number of rotatable bonds is 21. The Morgan fingerprint density at radius 1 is 0.962 bits per heavy atom. The molecule has 3 heterocycles. The number of hydrogen-bond acceptors (Lipinski definition) is 13. The summed E-state index contributed by atoms with van der Waals surface area (Å²) in [5.41, 5.74) is 0.793. The van der Waals surface area contributed by atoms with Crippen molar-refractivity contribution in [3.05, 3.63) is 48.0 Å². The highest BCUT2D eigenvalue weighted by molar-refractivity contribution is 7.89. The molecule has 1 amide bonds. The third-order valence-electron chi connectivity index (χ3n) is 9.23. The number of aliphatic hydroxyl groups excluding tert-OH is 1. The van der Waals surface area contributed by atoms with E-state index in [9.17, 15) is 18.3 Å². The minimum absolute atomic E-state index is 0.00753. The molecule has 5 rings (SSSR count). The van der Waals surface area contributed by atoms with Crippen LogP contribution in [0, 0.1) is 11.8 Å². The lowest BCUT2D eigenvalue weighted by Gasteiger charge is -2.31. The van der Waals surface area contributed by atoms with Crippen molar-refractivity contribution in [1.29, 1.82) is 0 Å². The number of carbonyl (C=O) groups is 1. The van der Waals surface area contributed by atoms with Crippen LogP contribution in [0.25, 0.3) is 0 Å². The normalized spacial score (nSPS) is 20.7. The maximum absolute atomic E-state index is 14.0. The summed E-state index contributed by atoms with van der Waals surface area (Å²) in [5, 5.41) is 14.5. The molecule has 2 aromatic carbocycles. The summed E-state index contributed by atoms with van der Waals surface area (Å²) >= 11 is 0. The average Bonchev–Trinajstić information content (AvgIpc) is 3.88. The Labute approximate surface area is 306 Å². The number of amides is 1. The third-order valence-corrected chi connectivity index (χ3v) is 11.1. The summed E-state index contributed by atoms with van der Waals surface area (Å²) < 4.78 is 73.3. The van der Waals surface area contributed by atoms with Gasteiger partial charge in [0.2, 0.25) is 16.8 Å². The summed E-state index contributed by atoms with van der Waals surface area (Å²) in [6.07, 6.45) is -2.03. The number of fused-ring (bicyclic) bond motifs is 2. The van der Waals surface area contributed by atoms with E-state index in [4.69, 9.17) is 37.9 Å². The molecule has 2 fully saturated rings. The molecule has 3 aliphatic rings. The molecule has 0 aliphatic carbocycles. The molecular formula is C36H53N3O12S. The maximum atomic E-state index is 14.0. The number of nitrogens with one attached hydrogen (secondary N) is 1. The number of carbonyl (C=O) groups excluding carboxylic acids is 1. The largest absolute Gasteiger partial charge is 0.492 e. The third kappa shape index (κ3) is 10.9. The van der Waals surface area contributed by atoms with E-state index in [0.717, 1.165) is 18.7 Å². The Bertz CT molecular complexity index is 1520. The summed E-state index contributed by atoms with van der Waals surface area (Å²) in [6.45, 7) is 8.28. The molecule has 5 atom stereocenters. The van der Waals surface area contributed by atoms with Gasteiger partial charge >= 0.3 is 6.09 Å². The van der Waals surface area contributed by atoms with Crippen molar-refractivity contribution in [1.82, 2.24) is 14.5 Å². The van der Waals surface area contributed by atoms with Gasteiger partial charge in [0, 0.05) is 53.0 Å². The highest BCUT2D eigenvalue weighted by atomic mass is 32.2. The smallest absolute Gasteiger partial charge is 0.407 e. The zero-order valence-corrected chi connectivity index (χ0v) is 31.3. The molecule has 0 bridgehead atoms. The minimum atomic E-state index is -4.08. The zero-order valence-electron chi connectivity index (χ0n) is 30.4. The predicted octanol–water partition coefficient (Wildman–Crippen LogP) is 2.50. The maximum Gasteiger partial charge on any atom is 0.407 e. The number of benzene rings is 2. The second-order valence-electron chi connectivity index (χ2n) is 13.5. The minimum Gasteiger partial charge on any atom is -0.492 e. The number of ether oxygens (including phenoxy) is 8. The van der Waals surface area contributed by atoms with Crippen LogP contribution in [-0.2, 0) is 40.1 Å². The van der Waals surface area contributed by atoms with Gasteiger partial charge in [-0.3, -0.25) is 4.90 Å². The van der Waals surface area contributed by atoms with Crippen LogP contribution in [0.15, 0.2) is 47.4 Å². The van der Waals surface area contributed by atoms with Gasteiger partial charge in [-0.05, 0) is 48.6 Å². The van der Waals surface area contributed by atoms with E-state index in [1.807, 2.05) is 38.1 Å². The summed E-state index contributed by atoms with van der Waals surface area (Å²) in [7, 11) is -0.737. The zero-order chi connectivity index (χ0) is 37.1. The molecule has 5 unspecified atom stereocenters. The molecule has 290 valence electrons. The molecule has 0 radical (unpaired) electrons. The first-order valence-electron chi connectivity index (χ1n) is 17.8. The Hall–Kier alpha value is -3.22. The SMILES string of the molecule is COCCN(CCOC)CCOc1ccc(CC(NC(=O)OC2COC3OCCC23)C(O)CN(CC(C)C)S(=O)(=O)c2ccc3c(c2)OCO3)cc1. The molecule has 52 heavy (non-hydrogen) atoms. The van der Waals surface area contributed by atoms with Crippen molar-refractivity contribution in [3.63, 3.8) is 0 Å². The van der Waals surface area contributed by atoms with Crippen LogP contribution in [0.1, 0.15) is 25.8 Å². The van der Waals surface area contributed by atoms with Crippen molar-refractivity contribution in [2.75, 3.05) is 86.8 Å². The monoisotopic (exact) mass is 751 g/mol. The van der Waals surface area contributed by atoms with Crippen molar-refractivity contribution >= 4 is 16.1 Å². The molecule has 16 heteroatoms. The van der Waals surface area contributed by atoms with Gasteiger partial charge in [-0.2, -0.15) is 4.31 Å². The highest BCUT2D eigenvalue weighted by Crippen LogP contribution is 2.35. The highest BCUT2D eigenvalue weighted by Gasteiger charge is 2.44. The van der Waals surface area contributed by atoms with E-state index in [-0.39, 0.29) is 49.6 Å². The van der Waals surface area contributed by atoms with Gasteiger partial charge < -0.3 is 48.3 Å². The Kier molecular flexibility index (Phi) is 14.8. The fourth-order valence-electron chi connectivity index (χ4n) is 6.40. The van der Waals surface area contributed by atoms with Crippen LogP contribution < -0.4 is 19.5 Å². The lowest BCUT2D eigenvalue weighted by Crippen LogP contribution is -2.51. The van der Waals surface area contributed by atoms with Gasteiger partial charge in [-0.1, -0.05) is 26.0 Å². The number of hydrogen-bond donors (Lipinski definition) is 2. The molecule has 0 saturated carbocycles. The summed E-state index contributed by atoms with van der Waals surface area (Å²) in [4.78, 5) is 15.5. The first-order valence-corrected chi connectivity index (χ1v) is 19.2. The van der Waals surface area contributed by atoms with Gasteiger partial charge in [0.25, 0.3) is 0 Å². The van der Waals surface area contributed by atoms with Gasteiger partial charge in [0.15, 0.2) is 17.8 Å². The fraction of sp³-hybridized carbons (Fsp3) is 0.639. The number of nitrogens with zero attached hydrogens (tertiary/aromatic N) is 2. The molecule has 3 aliphatic heterocycles. The quantitative estimate of drug-likeness (QED) is 0.192. The van der Waals surface area contributed by atoms with Crippen LogP contribution in [0.3, 0.4) is 0 Å². The summed E-state index contributed by atoms with van der Waals surface area (Å²) in [5.74, 6) is 1.33. The first-order chi connectivity index (χ1) is 25.1. The van der Waals surface area contributed by atoms with Crippen LogP contribution in [0.4, 0.5) is 4.79 Å². The topological polar surface area (TPSA) is 164 Å². The van der Waals surface area contributed by atoms with Crippen molar-refractivity contribution in [2.24, 2.45) is 11.8 Å². The first kappa shape index (κ1) is 40.0. The second kappa shape index (κ2) is 19.2. The number of aliphatic hydroxyl groups is 1.